The zero-order valence-electron chi connectivity index (χ0n) is 12.1. The van der Waals surface area contributed by atoms with Gasteiger partial charge in [-0.1, -0.05) is 43.4 Å². The molecule has 0 N–H and O–H groups in total. The second-order valence-corrected chi connectivity index (χ2v) is 5.04. The molecule has 0 aromatic rings. The van der Waals surface area contributed by atoms with Crippen LogP contribution in [0.5, 0.6) is 0 Å². The van der Waals surface area contributed by atoms with Gasteiger partial charge in [0.2, 0.25) is 5.85 Å². The van der Waals surface area contributed by atoms with E-state index in [2.05, 4.69) is 0 Å². The van der Waals surface area contributed by atoms with Crippen LogP contribution in [0.4, 0.5) is 4.39 Å². The van der Waals surface area contributed by atoms with E-state index in [1.165, 1.54) is 6.08 Å². The molecule has 0 aromatic carbocycles. The van der Waals surface area contributed by atoms with Gasteiger partial charge in [0.05, 0.1) is 0 Å². The highest BCUT2D eigenvalue weighted by Gasteiger charge is 2.39. The summed E-state index contributed by atoms with van der Waals surface area (Å²) >= 11 is 0. The van der Waals surface area contributed by atoms with Crippen molar-refractivity contribution in [2.24, 2.45) is 5.92 Å². The maximum Gasteiger partial charge on any atom is 0.234 e. The van der Waals surface area contributed by atoms with Gasteiger partial charge >= 0.3 is 0 Å². The number of hydrogen-bond acceptors (Lipinski definition) is 3. The molecule has 110 valence electrons. The largest absolute Gasteiger partial charge is 0.349 e. The molecule has 0 fully saturated rings. The second kappa shape index (κ2) is 6.04. The minimum absolute atomic E-state index is 0.0147. The summed E-state index contributed by atoms with van der Waals surface area (Å²) in [4.78, 5) is 0. The monoisotopic (exact) mass is 280 g/mol. The van der Waals surface area contributed by atoms with Gasteiger partial charge in [-0.15, -0.1) is 0 Å². The van der Waals surface area contributed by atoms with Gasteiger partial charge < -0.3 is 14.2 Å². The van der Waals surface area contributed by atoms with Gasteiger partial charge in [0.1, 0.15) is 0 Å². The highest BCUT2D eigenvalue weighted by atomic mass is 19.2. The molecule has 0 radical (unpaired) electrons. The van der Waals surface area contributed by atoms with Crippen LogP contribution in [0.15, 0.2) is 48.6 Å². The summed E-state index contributed by atoms with van der Waals surface area (Å²) in [5.74, 6) is -2.72. The Morgan fingerprint density at radius 2 is 1.90 bits per heavy atom. The molecule has 0 aromatic heterocycles. The Labute approximate surface area is 119 Å². The Bertz CT molecular complexity index is 455. The molecular weight excluding hydrogens is 259 g/mol. The molecule has 4 heteroatoms. The fourth-order valence-corrected chi connectivity index (χ4v) is 2.38. The fraction of sp³-hybridized carbons (Fsp3) is 0.500. The number of rotatable bonds is 5. The fourth-order valence-electron chi connectivity index (χ4n) is 2.38. The van der Waals surface area contributed by atoms with Crippen LogP contribution < -0.4 is 0 Å². The number of alkyl halides is 1. The van der Waals surface area contributed by atoms with Gasteiger partial charge in [0.25, 0.3) is 0 Å². The minimum atomic E-state index is -1.82. The Hall–Kier alpha value is -1.23. The topological polar surface area (TPSA) is 27.7 Å². The quantitative estimate of drug-likeness (QED) is 0.719. The molecule has 0 saturated carbocycles. The van der Waals surface area contributed by atoms with Crippen LogP contribution in [0.25, 0.3) is 0 Å². The van der Waals surface area contributed by atoms with E-state index in [4.69, 9.17) is 14.2 Å². The van der Waals surface area contributed by atoms with Crippen molar-refractivity contribution in [2.45, 2.75) is 38.2 Å². The van der Waals surface area contributed by atoms with E-state index in [0.29, 0.717) is 0 Å². The third kappa shape index (κ3) is 3.26. The molecule has 2 aliphatic carbocycles. The Balaban J connectivity index is 2.01. The number of methoxy groups -OCH3 is 1. The molecule has 0 heterocycles. The van der Waals surface area contributed by atoms with Crippen LogP contribution in [0, 0.1) is 5.92 Å². The standard InChI is InChI=1S/C16H21FO3/c1-13-9-5-8-12-16(13,18-3)20-14(2)19-15(17)10-6-4-7-11-15/h4-10,12-14H,11H2,1-3H3. The first-order chi connectivity index (χ1) is 9.50. The van der Waals surface area contributed by atoms with Crippen LogP contribution in [-0.2, 0) is 14.2 Å². The van der Waals surface area contributed by atoms with Crippen molar-refractivity contribution in [3.05, 3.63) is 48.6 Å². The van der Waals surface area contributed by atoms with Crippen LogP contribution in [-0.4, -0.2) is 25.0 Å². The molecular formula is C16H21FO3. The van der Waals surface area contributed by atoms with Gasteiger partial charge in [-0.25, -0.2) is 4.39 Å². The van der Waals surface area contributed by atoms with E-state index in [1.807, 2.05) is 31.2 Å². The zero-order chi connectivity index (χ0) is 14.6. The minimum Gasteiger partial charge on any atom is -0.349 e. The lowest BCUT2D eigenvalue weighted by Crippen LogP contribution is -2.44. The second-order valence-electron chi connectivity index (χ2n) is 5.04. The van der Waals surface area contributed by atoms with Crippen molar-refractivity contribution >= 4 is 0 Å². The molecule has 4 atom stereocenters. The van der Waals surface area contributed by atoms with Crippen LogP contribution in [0.1, 0.15) is 20.3 Å². The molecule has 2 aliphatic rings. The van der Waals surface area contributed by atoms with E-state index in [1.54, 1.807) is 32.3 Å². The summed E-state index contributed by atoms with van der Waals surface area (Å²) in [7, 11) is 1.57. The summed E-state index contributed by atoms with van der Waals surface area (Å²) in [6, 6.07) is 0. The molecule has 3 nitrogen and oxygen atoms in total. The molecule has 4 unspecified atom stereocenters. The van der Waals surface area contributed by atoms with E-state index in [0.717, 1.165) is 0 Å². The van der Waals surface area contributed by atoms with Crippen molar-refractivity contribution in [1.29, 1.82) is 0 Å². The summed E-state index contributed by atoms with van der Waals surface area (Å²) < 4.78 is 31.1. The average molecular weight is 280 g/mol. The maximum atomic E-state index is 14.4. The normalized spacial score (nSPS) is 37.3. The molecule has 0 aliphatic heterocycles. The summed E-state index contributed by atoms with van der Waals surface area (Å²) in [6.07, 6.45) is 13.6. The summed E-state index contributed by atoms with van der Waals surface area (Å²) in [5.41, 5.74) is 0. The van der Waals surface area contributed by atoms with Crippen molar-refractivity contribution in [3.63, 3.8) is 0 Å². The van der Waals surface area contributed by atoms with Gasteiger partial charge in [0.15, 0.2) is 12.1 Å². The molecule has 0 amide bonds. The van der Waals surface area contributed by atoms with Crippen LogP contribution in [0.3, 0.4) is 0 Å². The number of hydrogen-bond donors (Lipinski definition) is 0. The molecule has 20 heavy (non-hydrogen) atoms. The Kier molecular flexibility index (Phi) is 4.58. The third-order valence-corrected chi connectivity index (χ3v) is 3.49. The Morgan fingerprint density at radius 1 is 1.15 bits per heavy atom. The predicted molar refractivity (Wildman–Crippen MR) is 75.6 cm³/mol. The smallest absolute Gasteiger partial charge is 0.234 e. The lowest BCUT2D eigenvalue weighted by atomic mass is 9.95. The maximum absolute atomic E-state index is 14.4. The number of allylic oxidation sites excluding steroid dienone is 4. The van der Waals surface area contributed by atoms with E-state index < -0.39 is 17.9 Å². The highest BCUT2D eigenvalue weighted by Crippen LogP contribution is 2.33. The number of halogens is 1. The molecule has 0 saturated heterocycles. The lowest BCUT2D eigenvalue weighted by Gasteiger charge is -2.38. The predicted octanol–water partition coefficient (Wildman–Crippen LogP) is 3.65. The first-order valence-electron chi connectivity index (χ1n) is 6.80. The average Bonchev–Trinajstić information content (AvgIpc) is 2.41. The van der Waals surface area contributed by atoms with Gasteiger partial charge in [-0.05, 0) is 19.1 Å². The summed E-state index contributed by atoms with van der Waals surface area (Å²) in [6.45, 7) is 3.65. The summed E-state index contributed by atoms with van der Waals surface area (Å²) in [5, 5.41) is 0. The van der Waals surface area contributed by atoms with Crippen LogP contribution in [0.2, 0.25) is 0 Å². The van der Waals surface area contributed by atoms with E-state index in [9.17, 15) is 4.39 Å². The first kappa shape index (κ1) is 15.2. The van der Waals surface area contributed by atoms with Gasteiger partial charge in [0, 0.05) is 19.4 Å². The molecule has 0 bridgehead atoms. The van der Waals surface area contributed by atoms with E-state index >= 15 is 0 Å². The highest BCUT2D eigenvalue weighted by molar-refractivity contribution is 5.18. The zero-order valence-corrected chi connectivity index (χ0v) is 12.1. The third-order valence-electron chi connectivity index (χ3n) is 3.49. The van der Waals surface area contributed by atoms with E-state index in [-0.39, 0.29) is 12.3 Å². The van der Waals surface area contributed by atoms with Crippen LogP contribution >= 0.6 is 0 Å². The van der Waals surface area contributed by atoms with Crippen molar-refractivity contribution in [2.75, 3.05) is 7.11 Å². The Morgan fingerprint density at radius 3 is 2.50 bits per heavy atom. The van der Waals surface area contributed by atoms with Crippen molar-refractivity contribution in [1.82, 2.24) is 0 Å². The molecule has 2 rings (SSSR count). The first-order valence-corrected chi connectivity index (χ1v) is 6.80. The SMILES string of the molecule is COC1(OC(C)OC2(F)C=CC=CC2)C=CC=CC1C. The lowest BCUT2D eigenvalue weighted by molar-refractivity contribution is -0.319. The van der Waals surface area contributed by atoms with Crippen molar-refractivity contribution < 1.29 is 18.6 Å². The molecule has 0 spiro atoms. The van der Waals surface area contributed by atoms with Crippen molar-refractivity contribution in [3.8, 4) is 0 Å². The van der Waals surface area contributed by atoms with Gasteiger partial charge in [-0.3, -0.25) is 0 Å². The van der Waals surface area contributed by atoms with Gasteiger partial charge in [-0.2, -0.15) is 0 Å². The number of ether oxygens (including phenoxy) is 3.